The summed E-state index contributed by atoms with van der Waals surface area (Å²) in [4.78, 5) is 4.64. The van der Waals surface area contributed by atoms with Gasteiger partial charge in [-0.05, 0) is 53.6 Å². The highest BCUT2D eigenvalue weighted by atomic mass is 16.5. The van der Waals surface area contributed by atoms with Crippen molar-refractivity contribution in [1.29, 1.82) is 5.26 Å². The van der Waals surface area contributed by atoms with Gasteiger partial charge in [0, 0.05) is 19.2 Å². The molecule has 2 aromatic carbocycles. The fourth-order valence-electron chi connectivity index (χ4n) is 2.79. The smallest absolute Gasteiger partial charge is 0.127 e. The molecule has 0 radical (unpaired) electrons. The van der Waals surface area contributed by atoms with E-state index in [0.717, 1.165) is 11.1 Å². The maximum atomic E-state index is 10.3. The Bertz CT molecular complexity index is 995. The quantitative estimate of drug-likeness (QED) is 0.606. The molecule has 2 N–H and O–H groups in total. The normalized spacial score (nSPS) is 10.3. The number of nitrogens with zero attached hydrogens (tertiary/aromatic N) is 2. The highest BCUT2D eigenvalue weighted by Gasteiger charge is 2.12. The molecular weight excluding hydrogens is 354 g/mol. The van der Waals surface area contributed by atoms with E-state index in [1.54, 1.807) is 44.6 Å². The van der Waals surface area contributed by atoms with Crippen molar-refractivity contribution in [2.45, 2.75) is 0 Å². The van der Waals surface area contributed by atoms with Crippen molar-refractivity contribution >= 4 is 5.82 Å². The van der Waals surface area contributed by atoms with Gasteiger partial charge in [0.05, 0.1) is 31.0 Å². The van der Waals surface area contributed by atoms with E-state index in [2.05, 4.69) is 16.4 Å². The van der Waals surface area contributed by atoms with Crippen molar-refractivity contribution in [2.75, 3.05) is 32.7 Å². The fourth-order valence-corrected chi connectivity index (χ4v) is 2.79. The molecule has 0 fully saturated rings. The molecule has 3 aromatic rings. The van der Waals surface area contributed by atoms with Gasteiger partial charge >= 0.3 is 0 Å². The summed E-state index contributed by atoms with van der Waals surface area (Å²) in [6.45, 7) is 1.15. The first-order valence-electron chi connectivity index (χ1n) is 8.77. The third kappa shape index (κ3) is 4.40. The molecule has 142 valence electrons. The van der Waals surface area contributed by atoms with Crippen LogP contribution >= 0.6 is 0 Å². The second-order valence-electron chi connectivity index (χ2n) is 6.12. The Morgan fingerprint density at radius 3 is 2.50 bits per heavy atom. The zero-order chi connectivity index (χ0) is 19.9. The summed E-state index contributed by atoms with van der Waals surface area (Å²) in [5.74, 6) is 1.41. The van der Waals surface area contributed by atoms with E-state index in [1.165, 1.54) is 0 Å². The second-order valence-corrected chi connectivity index (χ2v) is 6.12. The number of hydrogen-bond acceptors (Lipinski definition) is 6. The summed E-state index contributed by atoms with van der Waals surface area (Å²) in [5, 5.41) is 22.6. The zero-order valence-corrected chi connectivity index (χ0v) is 15.8. The van der Waals surface area contributed by atoms with Gasteiger partial charge in [-0.1, -0.05) is 12.1 Å². The second kappa shape index (κ2) is 8.89. The van der Waals surface area contributed by atoms with E-state index in [0.29, 0.717) is 41.5 Å². The molecule has 6 heteroatoms. The molecule has 0 bridgehead atoms. The maximum Gasteiger partial charge on any atom is 0.127 e. The number of nitriles is 1. The number of ether oxygens (including phenoxy) is 2. The minimum Gasteiger partial charge on any atom is -0.507 e. The van der Waals surface area contributed by atoms with Gasteiger partial charge in [0.15, 0.2) is 0 Å². The van der Waals surface area contributed by atoms with Gasteiger partial charge in [-0.15, -0.1) is 0 Å². The molecule has 28 heavy (non-hydrogen) atoms. The molecule has 0 spiro atoms. The Balaban J connectivity index is 2.08. The summed E-state index contributed by atoms with van der Waals surface area (Å²) < 4.78 is 10.4. The van der Waals surface area contributed by atoms with Gasteiger partial charge in [-0.2, -0.15) is 5.26 Å². The van der Waals surface area contributed by atoms with Gasteiger partial charge in [0.1, 0.15) is 17.3 Å². The summed E-state index contributed by atoms with van der Waals surface area (Å²) >= 11 is 0. The van der Waals surface area contributed by atoms with Crippen LogP contribution < -0.4 is 10.1 Å². The minimum atomic E-state index is 0.119. The summed E-state index contributed by atoms with van der Waals surface area (Å²) in [5.41, 5.74) is 3.64. The van der Waals surface area contributed by atoms with Crippen molar-refractivity contribution in [3.05, 3.63) is 60.2 Å². The highest BCUT2D eigenvalue weighted by molar-refractivity contribution is 5.77. The predicted molar refractivity (Wildman–Crippen MR) is 108 cm³/mol. The molecular formula is C22H21N3O3. The number of aromatic nitrogens is 1. The van der Waals surface area contributed by atoms with Crippen LogP contribution in [0.4, 0.5) is 5.82 Å². The Morgan fingerprint density at radius 2 is 1.82 bits per heavy atom. The SMILES string of the molecule is COCCNc1cc(-c2ccc(C#N)cc2)cc(-c2cc(OC)ccc2O)n1. The first kappa shape index (κ1) is 19.2. The molecule has 0 atom stereocenters. The van der Waals surface area contributed by atoms with E-state index in [1.807, 2.05) is 24.3 Å². The number of pyridine rings is 1. The van der Waals surface area contributed by atoms with Crippen molar-refractivity contribution in [3.8, 4) is 40.0 Å². The molecule has 0 saturated carbocycles. The number of phenolic OH excluding ortho intramolecular Hbond substituents is 1. The van der Waals surface area contributed by atoms with Crippen LogP contribution in [0, 0.1) is 11.3 Å². The average Bonchev–Trinajstić information content (AvgIpc) is 2.74. The minimum absolute atomic E-state index is 0.119. The van der Waals surface area contributed by atoms with Crippen molar-refractivity contribution in [1.82, 2.24) is 4.98 Å². The lowest BCUT2D eigenvalue weighted by atomic mass is 10.0. The number of rotatable bonds is 7. The standard InChI is InChI=1S/C22H21N3O3/c1-27-10-9-24-22-12-17(16-5-3-15(14-23)4-6-16)11-20(25-22)19-13-18(28-2)7-8-21(19)26/h3-8,11-13,26H,9-10H2,1-2H3,(H,24,25). The third-order valence-electron chi connectivity index (χ3n) is 4.26. The first-order chi connectivity index (χ1) is 13.6. The van der Waals surface area contributed by atoms with Gasteiger partial charge in [-0.3, -0.25) is 0 Å². The Morgan fingerprint density at radius 1 is 1.04 bits per heavy atom. The third-order valence-corrected chi connectivity index (χ3v) is 4.26. The Labute approximate surface area is 164 Å². The van der Waals surface area contributed by atoms with Gasteiger partial charge in [-0.25, -0.2) is 4.98 Å². The molecule has 0 saturated heterocycles. The molecule has 0 amide bonds. The number of hydrogen-bond donors (Lipinski definition) is 2. The number of benzene rings is 2. The molecule has 0 aliphatic rings. The first-order valence-corrected chi connectivity index (χ1v) is 8.77. The monoisotopic (exact) mass is 375 g/mol. The number of anilines is 1. The summed E-state index contributed by atoms with van der Waals surface area (Å²) in [7, 11) is 3.22. The number of aromatic hydroxyl groups is 1. The van der Waals surface area contributed by atoms with Crippen LogP contribution in [-0.2, 0) is 4.74 Å². The largest absolute Gasteiger partial charge is 0.507 e. The van der Waals surface area contributed by atoms with E-state index in [9.17, 15) is 5.11 Å². The van der Waals surface area contributed by atoms with Crippen LogP contribution in [0.15, 0.2) is 54.6 Å². The van der Waals surface area contributed by atoms with Crippen LogP contribution in [0.3, 0.4) is 0 Å². The average molecular weight is 375 g/mol. The van der Waals surface area contributed by atoms with Gasteiger partial charge in [0.25, 0.3) is 0 Å². The molecule has 0 aliphatic carbocycles. The van der Waals surface area contributed by atoms with E-state index in [4.69, 9.17) is 14.7 Å². The molecule has 6 nitrogen and oxygen atoms in total. The van der Waals surface area contributed by atoms with Crippen molar-refractivity contribution in [3.63, 3.8) is 0 Å². The van der Waals surface area contributed by atoms with E-state index in [-0.39, 0.29) is 5.75 Å². The fraction of sp³-hybridized carbons (Fsp3) is 0.182. The predicted octanol–water partition coefficient (Wildman–Crippen LogP) is 4.06. The van der Waals surface area contributed by atoms with E-state index < -0.39 is 0 Å². The number of phenols is 1. The molecule has 1 heterocycles. The molecule has 3 rings (SSSR count). The van der Waals surface area contributed by atoms with Crippen LogP contribution in [-0.4, -0.2) is 37.5 Å². The molecule has 0 unspecified atom stereocenters. The van der Waals surface area contributed by atoms with E-state index >= 15 is 0 Å². The lowest BCUT2D eigenvalue weighted by Crippen LogP contribution is -2.09. The summed E-state index contributed by atoms with van der Waals surface area (Å²) in [6, 6.07) is 18.3. The van der Waals surface area contributed by atoms with Gasteiger partial charge < -0.3 is 19.9 Å². The van der Waals surface area contributed by atoms with Crippen LogP contribution in [0.5, 0.6) is 11.5 Å². The van der Waals surface area contributed by atoms with Crippen LogP contribution in [0.1, 0.15) is 5.56 Å². The van der Waals surface area contributed by atoms with Crippen LogP contribution in [0.25, 0.3) is 22.4 Å². The van der Waals surface area contributed by atoms with Crippen molar-refractivity contribution in [2.24, 2.45) is 0 Å². The van der Waals surface area contributed by atoms with Gasteiger partial charge in [0.2, 0.25) is 0 Å². The Kier molecular flexibility index (Phi) is 6.10. The maximum absolute atomic E-state index is 10.3. The van der Waals surface area contributed by atoms with Crippen molar-refractivity contribution < 1.29 is 14.6 Å². The Hall–Kier alpha value is -3.56. The lowest BCUT2D eigenvalue weighted by molar-refractivity contribution is 0.210. The molecule has 0 aliphatic heterocycles. The molecule has 1 aromatic heterocycles. The number of methoxy groups -OCH3 is 2. The summed E-state index contributed by atoms with van der Waals surface area (Å²) in [6.07, 6.45) is 0. The van der Waals surface area contributed by atoms with Crippen LogP contribution in [0.2, 0.25) is 0 Å². The lowest BCUT2D eigenvalue weighted by Gasteiger charge is -2.13. The highest BCUT2D eigenvalue weighted by Crippen LogP contribution is 2.35. The zero-order valence-electron chi connectivity index (χ0n) is 15.8. The number of nitrogens with one attached hydrogen (secondary N) is 1. The topological polar surface area (TPSA) is 87.4 Å².